The summed E-state index contributed by atoms with van der Waals surface area (Å²) in [4.78, 5) is 8.38. The highest BCUT2D eigenvalue weighted by atomic mass is 35.5. The molecule has 6 nitrogen and oxygen atoms in total. The van der Waals surface area contributed by atoms with E-state index in [2.05, 4.69) is 20.3 Å². The molecule has 0 amide bonds. The Morgan fingerprint density at radius 1 is 1.19 bits per heavy atom. The number of ether oxygens (including phenoxy) is 1. The molecule has 106 valence electrons. The summed E-state index contributed by atoms with van der Waals surface area (Å²) in [6.07, 6.45) is 3.26. The Morgan fingerprint density at radius 2 is 2.10 bits per heavy atom. The van der Waals surface area contributed by atoms with Crippen molar-refractivity contribution in [2.75, 3.05) is 0 Å². The van der Waals surface area contributed by atoms with Crippen LogP contribution in [0.5, 0.6) is 5.88 Å². The average molecular weight is 302 g/mol. The predicted octanol–water partition coefficient (Wildman–Crippen LogP) is 2.50. The summed E-state index contributed by atoms with van der Waals surface area (Å²) >= 11 is 5.79. The fourth-order valence-electron chi connectivity index (χ4n) is 1.83. The summed E-state index contributed by atoms with van der Waals surface area (Å²) in [6, 6.07) is 9.09. The van der Waals surface area contributed by atoms with Crippen molar-refractivity contribution in [2.24, 2.45) is 7.05 Å². The molecule has 0 N–H and O–H groups in total. The first kappa shape index (κ1) is 13.5. The molecule has 0 saturated heterocycles. The molecule has 3 aromatic heterocycles. The van der Waals surface area contributed by atoms with Crippen molar-refractivity contribution in [1.29, 1.82) is 0 Å². The quantitative estimate of drug-likeness (QED) is 0.741. The van der Waals surface area contributed by atoms with Crippen LogP contribution in [0.1, 0.15) is 5.69 Å². The number of pyridine rings is 2. The molecular formula is C14H12ClN5O. The largest absolute Gasteiger partial charge is 0.471 e. The van der Waals surface area contributed by atoms with E-state index in [0.29, 0.717) is 23.2 Å². The molecule has 0 aliphatic carbocycles. The van der Waals surface area contributed by atoms with Gasteiger partial charge in [0.05, 0.1) is 10.7 Å². The van der Waals surface area contributed by atoms with Gasteiger partial charge in [0.15, 0.2) is 0 Å². The number of rotatable bonds is 4. The first-order valence-corrected chi connectivity index (χ1v) is 6.66. The van der Waals surface area contributed by atoms with Gasteiger partial charge in [0.1, 0.15) is 18.0 Å². The third kappa shape index (κ3) is 3.00. The van der Waals surface area contributed by atoms with E-state index in [1.54, 1.807) is 23.0 Å². The van der Waals surface area contributed by atoms with Gasteiger partial charge in [-0.15, -0.1) is 5.10 Å². The normalized spacial score (nSPS) is 10.6. The van der Waals surface area contributed by atoms with Gasteiger partial charge < -0.3 is 4.74 Å². The summed E-state index contributed by atoms with van der Waals surface area (Å²) < 4.78 is 7.32. The van der Waals surface area contributed by atoms with Gasteiger partial charge in [-0.1, -0.05) is 22.9 Å². The van der Waals surface area contributed by atoms with Crippen LogP contribution < -0.4 is 4.74 Å². The molecule has 0 saturated carbocycles. The number of nitrogens with zero attached hydrogens (tertiary/aromatic N) is 5. The van der Waals surface area contributed by atoms with E-state index in [4.69, 9.17) is 16.3 Å². The third-order valence-corrected chi connectivity index (χ3v) is 3.13. The van der Waals surface area contributed by atoms with Crippen LogP contribution in [0.2, 0.25) is 5.02 Å². The van der Waals surface area contributed by atoms with Crippen LogP contribution in [-0.4, -0.2) is 25.0 Å². The lowest BCUT2D eigenvalue weighted by Crippen LogP contribution is -2.05. The van der Waals surface area contributed by atoms with Gasteiger partial charge >= 0.3 is 0 Å². The summed E-state index contributed by atoms with van der Waals surface area (Å²) in [6.45, 7) is 0.296. The molecule has 0 aliphatic rings. The molecule has 3 heterocycles. The number of halogens is 1. The summed E-state index contributed by atoms with van der Waals surface area (Å²) in [5.74, 6) is 0.493. The smallest absolute Gasteiger partial charge is 0.213 e. The van der Waals surface area contributed by atoms with E-state index in [1.165, 1.54) is 6.20 Å². The maximum Gasteiger partial charge on any atom is 0.213 e. The zero-order valence-electron chi connectivity index (χ0n) is 11.3. The fraction of sp³-hybridized carbons (Fsp3) is 0.143. The molecule has 0 radical (unpaired) electrons. The third-order valence-electron chi connectivity index (χ3n) is 2.91. The highest BCUT2D eigenvalue weighted by Crippen LogP contribution is 2.20. The number of hydrogen-bond donors (Lipinski definition) is 0. The summed E-state index contributed by atoms with van der Waals surface area (Å²) in [5, 5.41) is 8.73. The average Bonchev–Trinajstić information content (AvgIpc) is 2.89. The second kappa shape index (κ2) is 5.88. The lowest BCUT2D eigenvalue weighted by atomic mass is 10.2. The van der Waals surface area contributed by atoms with E-state index in [-0.39, 0.29) is 0 Å². The highest BCUT2D eigenvalue weighted by Gasteiger charge is 2.14. The Balaban J connectivity index is 1.82. The standard InChI is InChI=1S/C14H12ClN5O/c1-20-12(9-21-13-6-5-10(15)8-17-13)14(18-19-20)11-4-2-3-7-16-11/h2-8H,9H2,1H3. The maximum atomic E-state index is 5.79. The molecule has 0 fully saturated rings. The first-order chi connectivity index (χ1) is 10.2. The van der Waals surface area contributed by atoms with E-state index in [1.807, 2.05) is 25.2 Å². The first-order valence-electron chi connectivity index (χ1n) is 6.28. The van der Waals surface area contributed by atoms with E-state index in [0.717, 1.165) is 11.4 Å². The Kier molecular flexibility index (Phi) is 3.79. The number of aryl methyl sites for hydroxylation is 1. The highest BCUT2D eigenvalue weighted by molar-refractivity contribution is 6.30. The molecule has 0 aromatic carbocycles. The van der Waals surface area contributed by atoms with Crippen LogP contribution in [0.3, 0.4) is 0 Å². The molecule has 3 rings (SSSR count). The molecule has 0 unspecified atom stereocenters. The minimum atomic E-state index is 0.296. The minimum Gasteiger partial charge on any atom is -0.471 e. The van der Waals surface area contributed by atoms with Crippen molar-refractivity contribution >= 4 is 11.6 Å². The lowest BCUT2D eigenvalue weighted by Gasteiger charge is -2.06. The van der Waals surface area contributed by atoms with Gasteiger partial charge in [0.2, 0.25) is 5.88 Å². The zero-order chi connectivity index (χ0) is 14.7. The van der Waals surface area contributed by atoms with Crippen molar-refractivity contribution in [1.82, 2.24) is 25.0 Å². The van der Waals surface area contributed by atoms with Crippen molar-refractivity contribution in [3.63, 3.8) is 0 Å². The maximum absolute atomic E-state index is 5.79. The van der Waals surface area contributed by atoms with E-state index in [9.17, 15) is 0 Å². The summed E-state index contributed by atoms with van der Waals surface area (Å²) in [7, 11) is 1.81. The number of aromatic nitrogens is 5. The lowest BCUT2D eigenvalue weighted by molar-refractivity contribution is 0.284. The Labute approximate surface area is 126 Å². The molecule has 7 heteroatoms. The van der Waals surface area contributed by atoms with Gasteiger partial charge in [-0.05, 0) is 18.2 Å². The fourth-order valence-corrected chi connectivity index (χ4v) is 1.94. The van der Waals surface area contributed by atoms with Crippen molar-refractivity contribution < 1.29 is 4.74 Å². The molecule has 0 atom stereocenters. The molecular weight excluding hydrogens is 290 g/mol. The second-order valence-corrected chi connectivity index (χ2v) is 4.76. The molecule has 21 heavy (non-hydrogen) atoms. The van der Waals surface area contributed by atoms with Crippen molar-refractivity contribution in [3.05, 3.63) is 53.4 Å². The Hall–Kier alpha value is -2.47. The van der Waals surface area contributed by atoms with Crippen molar-refractivity contribution in [2.45, 2.75) is 6.61 Å². The predicted molar refractivity (Wildman–Crippen MR) is 77.8 cm³/mol. The van der Waals surface area contributed by atoms with Gasteiger partial charge in [-0.3, -0.25) is 4.98 Å². The van der Waals surface area contributed by atoms with E-state index < -0.39 is 0 Å². The van der Waals surface area contributed by atoms with Crippen LogP contribution in [0.4, 0.5) is 0 Å². The van der Waals surface area contributed by atoms with Crippen molar-refractivity contribution in [3.8, 4) is 17.3 Å². The molecule has 3 aromatic rings. The van der Waals surface area contributed by atoms with E-state index >= 15 is 0 Å². The topological polar surface area (TPSA) is 65.7 Å². The SMILES string of the molecule is Cn1nnc(-c2ccccn2)c1COc1ccc(Cl)cn1. The Bertz CT molecular complexity index is 727. The Morgan fingerprint density at radius 3 is 2.81 bits per heavy atom. The monoisotopic (exact) mass is 301 g/mol. The summed E-state index contributed by atoms with van der Waals surface area (Å²) in [5.41, 5.74) is 2.28. The molecule has 0 spiro atoms. The van der Waals surface area contributed by atoms with Crippen LogP contribution in [0.25, 0.3) is 11.4 Å². The number of hydrogen-bond acceptors (Lipinski definition) is 5. The molecule has 0 aliphatic heterocycles. The van der Waals surface area contributed by atoms with Gasteiger partial charge in [0.25, 0.3) is 0 Å². The van der Waals surface area contributed by atoms with Crippen LogP contribution in [-0.2, 0) is 13.7 Å². The zero-order valence-corrected chi connectivity index (χ0v) is 12.0. The van der Waals surface area contributed by atoms with Crippen LogP contribution in [0.15, 0.2) is 42.7 Å². The van der Waals surface area contributed by atoms with Crippen LogP contribution >= 0.6 is 11.6 Å². The van der Waals surface area contributed by atoms with Gasteiger partial charge in [-0.2, -0.15) is 0 Å². The van der Waals surface area contributed by atoms with Gasteiger partial charge in [-0.25, -0.2) is 9.67 Å². The minimum absolute atomic E-state index is 0.296. The van der Waals surface area contributed by atoms with Gasteiger partial charge in [0, 0.05) is 25.5 Å². The second-order valence-electron chi connectivity index (χ2n) is 4.33. The van der Waals surface area contributed by atoms with Crippen LogP contribution in [0, 0.1) is 0 Å². The molecule has 0 bridgehead atoms.